The number of furan rings is 1. The van der Waals surface area contributed by atoms with Gasteiger partial charge in [-0.25, -0.2) is 4.98 Å². The zero-order valence-electron chi connectivity index (χ0n) is 12.1. The number of nitrogens with zero attached hydrogens (tertiary/aromatic N) is 5. The molecule has 1 fully saturated rings. The molecule has 23 heavy (non-hydrogen) atoms. The van der Waals surface area contributed by atoms with Crippen molar-refractivity contribution in [3.63, 3.8) is 0 Å². The summed E-state index contributed by atoms with van der Waals surface area (Å²) in [5.74, 6) is 0.278. The molecule has 3 rings (SSSR count). The summed E-state index contributed by atoms with van der Waals surface area (Å²) in [6.07, 6.45) is 2.55. The maximum absolute atomic E-state index is 12.2. The second-order valence-electron chi connectivity index (χ2n) is 4.95. The van der Waals surface area contributed by atoms with Gasteiger partial charge in [0.2, 0.25) is 11.8 Å². The first-order valence-electron chi connectivity index (χ1n) is 6.91. The van der Waals surface area contributed by atoms with Crippen molar-refractivity contribution in [2.45, 2.75) is 0 Å². The number of nitrogen functional groups attached to an aromatic ring is 1. The molecule has 2 N–H and O–H groups in total. The standard InChI is InChI=1S/C13H14N6O4/c14-11-9(19(21)22)8-15-13(16-11)18-5-3-17(4-6-18)12(20)10-2-1-7-23-10/h1-2,7-8H,3-6H2,(H2,14,15,16). The summed E-state index contributed by atoms with van der Waals surface area (Å²) in [5.41, 5.74) is 5.25. The maximum atomic E-state index is 12.2. The smallest absolute Gasteiger partial charge is 0.329 e. The Bertz CT molecular complexity index is 724. The number of amides is 1. The van der Waals surface area contributed by atoms with E-state index in [9.17, 15) is 14.9 Å². The minimum absolute atomic E-state index is 0.168. The molecule has 1 aliphatic heterocycles. The fraction of sp³-hybridized carbons (Fsp3) is 0.308. The molecule has 2 aromatic heterocycles. The molecule has 1 saturated heterocycles. The first-order valence-corrected chi connectivity index (χ1v) is 6.91. The Kier molecular flexibility index (Phi) is 3.79. The van der Waals surface area contributed by atoms with Crippen LogP contribution < -0.4 is 10.6 Å². The highest BCUT2D eigenvalue weighted by atomic mass is 16.6. The van der Waals surface area contributed by atoms with Gasteiger partial charge in [0.05, 0.1) is 11.2 Å². The lowest BCUT2D eigenvalue weighted by Gasteiger charge is -2.34. The van der Waals surface area contributed by atoms with Gasteiger partial charge in [-0.05, 0) is 12.1 Å². The van der Waals surface area contributed by atoms with Crippen molar-refractivity contribution >= 4 is 23.4 Å². The normalized spacial score (nSPS) is 14.8. The maximum Gasteiger partial charge on any atom is 0.329 e. The zero-order chi connectivity index (χ0) is 16.4. The van der Waals surface area contributed by atoms with Crippen LogP contribution in [0, 0.1) is 10.1 Å². The topological polar surface area (TPSA) is 132 Å². The molecular formula is C13H14N6O4. The van der Waals surface area contributed by atoms with E-state index >= 15 is 0 Å². The summed E-state index contributed by atoms with van der Waals surface area (Å²) in [5, 5.41) is 10.7. The van der Waals surface area contributed by atoms with Crippen LogP contribution in [0.2, 0.25) is 0 Å². The Morgan fingerprint density at radius 3 is 2.65 bits per heavy atom. The van der Waals surface area contributed by atoms with Crippen molar-refractivity contribution < 1.29 is 14.1 Å². The molecule has 1 amide bonds. The van der Waals surface area contributed by atoms with Crippen LogP contribution in [0.3, 0.4) is 0 Å². The highest BCUT2D eigenvalue weighted by Gasteiger charge is 2.25. The Morgan fingerprint density at radius 2 is 2.09 bits per heavy atom. The zero-order valence-corrected chi connectivity index (χ0v) is 12.1. The van der Waals surface area contributed by atoms with Gasteiger partial charge in [0, 0.05) is 26.2 Å². The molecule has 0 unspecified atom stereocenters. The summed E-state index contributed by atoms with van der Waals surface area (Å²) >= 11 is 0. The van der Waals surface area contributed by atoms with Crippen LogP contribution in [0.15, 0.2) is 29.0 Å². The molecule has 0 aromatic carbocycles. The van der Waals surface area contributed by atoms with Crippen LogP contribution in [0.4, 0.5) is 17.5 Å². The van der Waals surface area contributed by atoms with Gasteiger partial charge in [0.25, 0.3) is 5.91 Å². The van der Waals surface area contributed by atoms with Crippen molar-refractivity contribution in [2.24, 2.45) is 0 Å². The first kappa shape index (κ1) is 14.8. The number of hydrogen-bond donors (Lipinski definition) is 1. The Hall–Kier alpha value is -3.17. The van der Waals surface area contributed by atoms with Gasteiger partial charge in [0.1, 0.15) is 6.20 Å². The average molecular weight is 318 g/mol. The van der Waals surface area contributed by atoms with E-state index in [2.05, 4.69) is 9.97 Å². The summed E-state index contributed by atoms with van der Waals surface area (Å²) in [4.78, 5) is 33.7. The van der Waals surface area contributed by atoms with Gasteiger partial charge in [-0.2, -0.15) is 4.98 Å². The highest BCUT2D eigenvalue weighted by molar-refractivity contribution is 5.91. The van der Waals surface area contributed by atoms with Crippen LogP contribution >= 0.6 is 0 Å². The van der Waals surface area contributed by atoms with Crippen molar-refractivity contribution in [1.82, 2.24) is 14.9 Å². The molecule has 3 heterocycles. The number of piperazine rings is 1. The van der Waals surface area contributed by atoms with Crippen LogP contribution in [-0.2, 0) is 0 Å². The van der Waals surface area contributed by atoms with E-state index in [0.717, 1.165) is 6.20 Å². The number of rotatable bonds is 3. The Labute approximate surface area is 130 Å². The van der Waals surface area contributed by atoms with E-state index in [1.807, 2.05) is 4.90 Å². The van der Waals surface area contributed by atoms with E-state index in [-0.39, 0.29) is 17.4 Å². The predicted molar refractivity (Wildman–Crippen MR) is 79.9 cm³/mol. The highest BCUT2D eigenvalue weighted by Crippen LogP contribution is 2.21. The lowest BCUT2D eigenvalue weighted by Crippen LogP contribution is -2.49. The fourth-order valence-corrected chi connectivity index (χ4v) is 2.34. The molecule has 2 aromatic rings. The summed E-state index contributed by atoms with van der Waals surface area (Å²) < 4.78 is 5.10. The molecule has 10 nitrogen and oxygen atoms in total. The van der Waals surface area contributed by atoms with Gasteiger partial charge < -0.3 is 20.0 Å². The second kappa shape index (κ2) is 5.91. The average Bonchev–Trinajstić information content (AvgIpc) is 3.08. The minimum atomic E-state index is -0.626. The molecule has 10 heteroatoms. The van der Waals surface area contributed by atoms with Gasteiger partial charge >= 0.3 is 5.69 Å². The third kappa shape index (κ3) is 2.91. The van der Waals surface area contributed by atoms with Crippen LogP contribution in [-0.4, -0.2) is 51.9 Å². The molecule has 120 valence electrons. The number of carbonyl (C=O) groups excluding carboxylic acids is 1. The molecule has 0 radical (unpaired) electrons. The van der Waals surface area contributed by atoms with Gasteiger partial charge in [-0.15, -0.1) is 0 Å². The van der Waals surface area contributed by atoms with Crippen molar-refractivity contribution in [2.75, 3.05) is 36.8 Å². The quantitative estimate of drug-likeness (QED) is 0.640. The van der Waals surface area contributed by atoms with E-state index in [1.54, 1.807) is 17.0 Å². The Balaban J connectivity index is 1.66. The largest absolute Gasteiger partial charge is 0.459 e. The van der Waals surface area contributed by atoms with Gasteiger partial charge in [-0.1, -0.05) is 0 Å². The second-order valence-corrected chi connectivity index (χ2v) is 4.95. The summed E-state index contributed by atoms with van der Waals surface area (Å²) in [6, 6.07) is 3.28. The third-order valence-electron chi connectivity index (χ3n) is 3.56. The number of aromatic nitrogens is 2. The third-order valence-corrected chi connectivity index (χ3v) is 3.56. The van der Waals surface area contributed by atoms with Crippen LogP contribution in [0.1, 0.15) is 10.6 Å². The first-order chi connectivity index (χ1) is 11.1. The lowest BCUT2D eigenvalue weighted by molar-refractivity contribution is -0.384. The van der Waals surface area contributed by atoms with Crippen LogP contribution in [0.25, 0.3) is 0 Å². The van der Waals surface area contributed by atoms with Crippen molar-refractivity contribution in [1.29, 1.82) is 0 Å². The number of nitro groups is 1. The van der Waals surface area contributed by atoms with Crippen molar-refractivity contribution in [3.8, 4) is 0 Å². The lowest BCUT2D eigenvalue weighted by atomic mass is 10.3. The molecule has 1 aliphatic rings. The monoisotopic (exact) mass is 318 g/mol. The predicted octanol–water partition coefficient (Wildman–Crippen LogP) is 0.522. The molecule has 0 atom stereocenters. The number of carbonyl (C=O) groups is 1. The fourth-order valence-electron chi connectivity index (χ4n) is 2.34. The molecule has 0 bridgehead atoms. The van der Waals surface area contributed by atoms with Gasteiger partial charge in [0.15, 0.2) is 5.76 Å². The summed E-state index contributed by atoms with van der Waals surface area (Å²) in [7, 11) is 0. The van der Waals surface area contributed by atoms with E-state index in [0.29, 0.717) is 37.9 Å². The summed E-state index contributed by atoms with van der Waals surface area (Å²) in [6.45, 7) is 1.95. The molecular weight excluding hydrogens is 304 g/mol. The number of anilines is 2. The van der Waals surface area contributed by atoms with Crippen molar-refractivity contribution in [3.05, 3.63) is 40.5 Å². The number of nitrogens with two attached hydrogens (primary N) is 1. The van der Waals surface area contributed by atoms with E-state index in [4.69, 9.17) is 10.2 Å². The van der Waals surface area contributed by atoms with Crippen LogP contribution in [0.5, 0.6) is 0 Å². The minimum Gasteiger partial charge on any atom is -0.459 e. The molecule has 0 aliphatic carbocycles. The van der Waals surface area contributed by atoms with E-state index in [1.165, 1.54) is 6.26 Å². The SMILES string of the molecule is Nc1nc(N2CCN(C(=O)c3ccco3)CC2)ncc1[N+](=O)[O-]. The van der Waals surface area contributed by atoms with E-state index < -0.39 is 4.92 Å². The molecule has 0 saturated carbocycles. The Morgan fingerprint density at radius 1 is 1.35 bits per heavy atom. The van der Waals surface area contributed by atoms with Gasteiger partial charge in [-0.3, -0.25) is 14.9 Å². The number of hydrogen-bond acceptors (Lipinski definition) is 8. The molecule has 0 spiro atoms.